The Hall–Kier alpha value is -2.03. The lowest BCUT2D eigenvalue weighted by atomic mass is 10.2. The summed E-state index contributed by atoms with van der Waals surface area (Å²) in [5.74, 6) is 0.683. The van der Waals surface area contributed by atoms with Crippen LogP contribution in [-0.2, 0) is 6.61 Å². The Kier molecular flexibility index (Phi) is 3.13. The van der Waals surface area contributed by atoms with Crippen molar-refractivity contribution in [1.29, 1.82) is 0 Å². The van der Waals surface area contributed by atoms with Gasteiger partial charge in [0.25, 0.3) is 0 Å². The molecule has 2 aromatic rings. The minimum Gasteiger partial charge on any atom is -0.473 e. The lowest BCUT2D eigenvalue weighted by Crippen LogP contribution is -2.36. The summed E-state index contributed by atoms with van der Waals surface area (Å²) in [4.78, 5) is 6.65. The van der Waals surface area contributed by atoms with E-state index in [2.05, 4.69) is 28.1 Å². The van der Waals surface area contributed by atoms with Crippen LogP contribution in [0.1, 0.15) is 12.0 Å². The minimum absolute atomic E-state index is 0.566. The summed E-state index contributed by atoms with van der Waals surface area (Å²) in [6.45, 7) is 2.86. The number of pyridine rings is 1. The zero-order chi connectivity index (χ0) is 12.2. The van der Waals surface area contributed by atoms with Gasteiger partial charge in [-0.15, -0.1) is 0 Å². The van der Waals surface area contributed by atoms with Crippen molar-refractivity contribution in [2.24, 2.45) is 0 Å². The molecule has 0 bridgehead atoms. The zero-order valence-corrected chi connectivity index (χ0v) is 10.2. The van der Waals surface area contributed by atoms with Crippen LogP contribution in [-0.4, -0.2) is 18.1 Å². The summed E-state index contributed by atoms with van der Waals surface area (Å²) in [7, 11) is 0. The van der Waals surface area contributed by atoms with Crippen LogP contribution in [0.3, 0.4) is 0 Å². The van der Waals surface area contributed by atoms with Gasteiger partial charge in [0.1, 0.15) is 6.61 Å². The van der Waals surface area contributed by atoms with Gasteiger partial charge in [0.15, 0.2) is 0 Å². The smallest absolute Gasteiger partial charge is 0.213 e. The van der Waals surface area contributed by atoms with Crippen LogP contribution in [0.15, 0.2) is 48.7 Å². The van der Waals surface area contributed by atoms with E-state index in [0.717, 1.165) is 18.7 Å². The van der Waals surface area contributed by atoms with Crippen molar-refractivity contribution in [3.8, 4) is 5.88 Å². The maximum Gasteiger partial charge on any atom is 0.213 e. The fourth-order valence-electron chi connectivity index (χ4n) is 1.95. The first-order chi connectivity index (χ1) is 8.92. The first kappa shape index (κ1) is 11.1. The molecule has 0 aliphatic carbocycles. The van der Waals surface area contributed by atoms with Gasteiger partial charge >= 0.3 is 0 Å². The number of nitrogens with zero attached hydrogens (tertiary/aromatic N) is 2. The maximum atomic E-state index is 5.65. The molecular weight excluding hydrogens is 224 g/mol. The first-order valence-electron chi connectivity index (χ1n) is 6.29. The van der Waals surface area contributed by atoms with Crippen molar-refractivity contribution in [1.82, 2.24) is 4.98 Å². The van der Waals surface area contributed by atoms with Crippen LogP contribution in [0.25, 0.3) is 0 Å². The van der Waals surface area contributed by atoms with Gasteiger partial charge in [0.05, 0.1) is 11.9 Å². The standard InChI is InChI=1S/C15H16N2O/c1-2-5-13(6-3-1)12-18-15-8-7-14(11-16-15)17-9-4-10-17/h1-3,5-8,11H,4,9-10,12H2. The molecule has 1 fully saturated rings. The molecule has 1 aromatic heterocycles. The molecule has 1 aromatic carbocycles. The van der Waals surface area contributed by atoms with Crippen molar-refractivity contribution in [3.63, 3.8) is 0 Å². The fraction of sp³-hybridized carbons (Fsp3) is 0.267. The van der Waals surface area contributed by atoms with Crippen LogP contribution in [0.4, 0.5) is 5.69 Å². The predicted molar refractivity (Wildman–Crippen MR) is 71.8 cm³/mol. The Morgan fingerprint density at radius 1 is 1.06 bits per heavy atom. The molecule has 0 N–H and O–H groups in total. The number of benzene rings is 1. The fourth-order valence-corrected chi connectivity index (χ4v) is 1.95. The zero-order valence-electron chi connectivity index (χ0n) is 10.2. The van der Waals surface area contributed by atoms with Gasteiger partial charge < -0.3 is 9.64 Å². The van der Waals surface area contributed by atoms with E-state index >= 15 is 0 Å². The quantitative estimate of drug-likeness (QED) is 0.821. The highest BCUT2D eigenvalue weighted by Gasteiger charge is 2.14. The molecule has 3 nitrogen and oxygen atoms in total. The number of rotatable bonds is 4. The summed E-state index contributed by atoms with van der Waals surface area (Å²) in [6, 6.07) is 14.1. The van der Waals surface area contributed by atoms with E-state index in [1.807, 2.05) is 30.5 Å². The molecule has 18 heavy (non-hydrogen) atoms. The molecule has 1 saturated heterocycles. The van der Waals surface area contributed by atoms with Gasteiger partial charge in [-0.05, 0) is 18.1 Å². The number of aromatic nitrogens is 1. The Labute approximate surface area is 107 Å². The summed E-state index contributed by atoms with van der Waals surface area (Å²) in [6.07, 6.45) is 3.17. The third-order valence-electron chi connectivity index (χ3n) is 3.17. The van der Waals surface area contributed by atoms with Gasteiger partial charge in [-0.3, -0.25) is 0 Å². The van der Waals surface area contributed by atoms with Gasteiger partial charge in [-0.25, -0.2) is 4.98 Å². The van der Waals surface area contributed by atoms with Crippen molar-refractivity contribution in [2.75, 3.05) is 18.0 Å². The summed E-state index contributed by atoms with van der Waals surface area (Å²) >= 11 is 0. The topological polar surface area (TPSA) is 25.4 Å². The van der Waals surface area contributed by atoms with E-state index in [0.29, 0.717) is 12.5 Å². The summed E-state index contributed by atoms with van der Waals surface area (Å²) in [5, 5.41) is 0. The molecule has 0 amide bonds. The molecule has 3 rings (SSSR count). The van der Waals surface area contributed by atoms with Gasteiger partial charge in [-0.2, -0.15) is 0 Å². The van der Waals surface area contributed by atoms with E-state index in [4.69, 9.17) is 4.74 Å². The SMILES string of the molecule is c1ccc(COc2ccc(N3CCC3)cn2)cc1. The Balaban J connectivity index is 1.59. The van der Waals surface area contributed by atoms with Crippen LogP contribution < -0.4 is 9.64 Å². The normalized spacial score (nSPS) is 14.1. The second-order valence-electron chi connectivity index (χ2n) is 4.47. The van der Waals surface area contributed by atoms with E-state index in [1.54, 1.807) is 0 Å². The van der Waals surface area contributed by atoms with Gasteiger partial charge in [-0.1, -0.05) is 30.3 Å². The highest BCUT2D eigenvalue weighted by atomic mass is 16.5. The first-order valence-corrected chi connectivity index (χ1v) is 6.29. The maximum absolute atomic E-state index is 5.65. The summed E-state index contributed by atoms with van der Waals surface area (Å²) in [5.41, 5.74) is 2.35. The van der Waals surface area contributed by atoms with Crippen molar-refractivity contribution in [3.05, 3.63) is 54.2 Å². The molecular formula is C15H16N2O. The van der Waals surface area contributed by atoms with Crippen molar-refractivity contribution in [2.45, 2.75) is 13.0 Å². The van der Waals surface area contributed by atoms with Crippen LogP contribution in [0, 0.1) is 0 Å². The second-order valence-corrected chi connectivity index (χ2v) is 4.47. The van der Waals surface area contributed by atoms with Crippen molar-refractivity contribution < 1.29 is 4.74 Å². The minimum atomic E-state index is 0.566. The van der Waals surface area contributed by atoms with Crippen LogP contribution in [0.2, 0.25) is 0 Å². The van der Waals surface area contributed by atoms with Crippen molar-refractivity contribution >= 4 is 5.69 Å². The average Bonchev–Trinajstić information content (AvgIpc) is 2.37. The number of anilines is 1. The van der Waals surface area contributed by atoms with Gasteiger partial charge in [0, 0.05) is 19.2 Å². The molecule has 1 aliphatic rings. The lowest BCUT2D eigenvalue weighted by Gasteiger charge is -2.32. The van der Waals surface area contributed by atoms with E-state index < -0.39 is 0 Å². The molecule has 1 aliphatic heterocycles. The Morgan fingerprint density at radius 2 is 1.89 bits per heavy atom. The largest absolute Gasteiger partial charge is 0.473 e. The average molecular weight is 240 g/mol. The monoisotopic (exact) mass is 240 g/mol. The third kappa shape index (κ3) is 2.45. The molecule has 0 saturated carbocycles. The third-order valence-corrected chi connectivity index (χ3v) is 3.17. The molecule has 0 atom stereocenters. The number of hydrogen-bond acceptors (Lipinski definition) is 3. The molecule has 92 valence electrons. The predicted octanol–water partition coefficient (Wildman–Crippen LogP) is 2.87. The molecule has 3 heteroatoms. The van der Waals surface area contributed by atoms with E-state index in [-0.39, 0.29) is 0 Å². The Morgan fingerprint density at radius 3 is 2.50 bits per heavy atom. The molecule has 0 spiro atoms. The molecule has 0 unspecified atom stereocenters. The van der Waals surface area contributed by atoms with E-state index in [9.17, 15) is 0 Å². The van der Waals surface area contributed by atoms with Crippen LogP contribution in [0.5, 0.6) is 5.88 Å². The molecule has 2 heterocycles. The highest BCUT2D eigenvalue weighted by Crippen LogP contribution is 2.21. The van der Waals surface area contributed by atoms with Gasteiger partial charge in [0.2, 0.25) is 5.88 Å². The number of ether oxygens (including phenoxy) is 1. The number of hydrogen-bond donors (Lipinski definition) is 0. The van der Waals surface area contributed by atoms with Crippen LogP contribution >= 0.6 is 0 Å². The summed E-state index contributed by atoms with van der Waals surface area (Å²) < 4.78 is 5.65. The highest BCUT2D eigenvalue weighted by molar-refractivity contribution is 5.47. The molecule has 0 radical (unpaired) electrons. The lowest BCUT2D eigenvalue weighted by molar-refractivity contribution is 0.294. The Bertz CT molecular complexity index is 492. The van der Waals surface area contributed by atoms with E-state index in [1.165, 1.54) is 12.1 Å². The second kappa shape index (κ2) is 5.08.